The van der Waals surface area contributed by atoms with E-state index in [4.69, 9.17) is 4.74 Å². The molecule has 0 saturated heterocycles. The van der Waals surface area contributed by atoms with E-state index in [1.54, 1.807) is 0 Å². The fourth-order valence-corrected chi connectivity index (χ4v) is 2.40. The Kier molecular flexibility index (Phi) is 5.70. The van der Waals surface area contributed by atoms with Gasteiger partial charge in [0, 0.05) is 12.2 Å². The van der Waals surface area contributed by atoms with Gasteiger partial charge in [0.25, 0.3) is 0 Å². The summed E-state index contributed by atoms with van der Waals surface area (Å²) in [6.45, 7) is 4.56. The van der Waals surface area contributed by atoms with E-state index in [0.717, 1.165) is 29.5 Å². The Morgan fingerprint density at radius 3 is 2.14 bits per heavy atom. The lowest BCUT2D eigenvalue weighted by atomic mass is 9.99. The number of rotatable bonds is 7. The van der Waals surface area contributed by atoms with Crippen molar-refractivity contribution in [1.82, 2.24) is 0 Å². The number of hydrogen-bond acceptors (Lipinski definition) is 2. The summed E-state index contributed by atoms with van der Waals surface area (Å²) in [7, 11) is 0. The molecule has 2 rings (SSSR count). The van der Waals surface area contributed by atoms with Crippen LogP contribution in [-0.4, -0.2) is 18.5 Å². The molecular weight excluding hydrogens is 260 g/mol. The zero-order valence-electron chi connectivity index (χ0n) is 12.7. The minimum atomic E-state index is -0.317. The largest absolute Gasteiger partial charge is 0.370 e. The summed E-state index contributed by atoms with van der Waals surface area (Å²) in [5.74, 6) is 0.0818. The molecule has 21 heavy (non-hydrogen) atoms. The summed E-state index contributed by atoms with van der Waals surface area (Å²) >= 11 is 0. The highest BCUT2D eigenvalue weighted by Crippen LogP contribution is 2.20. The summed E-state index contributed by atoms with van der Waals surface area (Å²) in [4.78, 5) is 12.4. The predicted octanol–water partition coefficient (Wildman–Crippen LogP) is 4.74. The van der Waals surface area contributed by atoms with Crippen molar-refractivity contribution in [1.29, 1.82) is 0 Å². The standard InChI is InChI=1S/C19H22O2/c1-3-8-18(21-4-2)19(20)17-13-11-16(12-14-17)15-9-6-5-7-10-15/h5-7,9-14,18H,3-4,8H2,1-2H3. The van der Waals surface area contributed by atoms with Crippen LogP contribution in [-0.2, 0) is 4.74 Å². The first-order valence-corrected chi connectivity index (χ1v) is 7.57. The fraction of sp³-hybridized carbons (Fsp3) is 0.316. The van der Waals surface area contributed by atoms with Gasteiger partial charge in [0.15, 0.2) is 5.78 Å². The van der Waals surface area contributed by atoms with Gasteiger partial charge >= 0.3 is 0 Å². The number of ether oxygens (including phenoxy) is 1. The number of benzene rings is 2. The lowest BCUT2D eigenvalue weighted by Crippen LogP contribution is -2.24. The Hall–Kier alpha value is -1.93. The molecule has 0 amide bonds. The van der Waals surface area contributed by atoms with Crippen LogP contribution in [0.25, 0.3) is 11.1 Å². The van der Waals surface area contributed by atoms with Crippen molar-refractivity contribution < 1.29 is 9.53 Å². The maximum absolute atomic E-state index is 12.4. The van der Waals surface area contributed by atoms with Gasteiger partial charge in [-0.2, -0.15) is 0 Å². The van der Waals surface area contributed by atoms with Crippen molar-refractivity contribution in [2.45, 2.75) is 32.8 Å². The molecule has 0 aliphatic heterocycles. The van der Waals surface area contributed by atoms with Crippen molar-refractivity contribution in [3.8, 4) is 11.1 Å². The van der Waals surface area contributed by atoms with Gasteiger partial charge in [-0.25, -0.2) is 0 Å². The molecule has 110 valence electrons. The zero-order valence-corrected chi connectivity index (χ0v) is 12.7. The van der Waals surface area contributed by atoms with Crippen LogP contribution in [0.5, 0.6) is 0 Å². The summed E-state index contributed by atoms with van der Waals surface area (Å²) in [6.07, 6.45) is 1.40. The average Bonchev–Trinajstić information content (AvgIpc) is 2.55. The monoisotopic (exact) mass is 282 g/mol. The molecule has 0 aliphatic rings. The third kappa shape index (κ3) is 4.02. The second-order valence-electron chi connectivity index (χ2n) is 5.04. The van der Waals surface area contributed by atoms with E-state index in [1.165, 1.54) is 0 Å². The molecule has 1 unspecified atom stereocenters. The Morgan fingerprint density at radius 1 is 0.952 bits per heavy atom. The van der Waals surface area contributed by atoms with Gasteiger partial charge in [0.1, 0.15) is 6.10 Å². The van der Waals surface area contributed by atoms with Crippen molar-refractivity contribution in [3.05, 3.63) is 60.2 Å². The Balaban J connectivity index is 2.16. The maximum atomic E-state index is 12.4. The van der Waals surface area contributed by atoms with Gasteiger partial charge in [-0.15, -0.1) is 0 Å². The van der Waals surface area contributed by atoms with E-state index >= 15 is 0 Å². The van der Waals surface area contributed by atoms with Gasteiger partial charge in [-0.1, -0.05) is 67.9 Å². The molecule has 0 saturated carbocycles. The van der Waals surface area contributed by atoms with Crippen LogP contribution in [0.2, 0.25) is 0 Å². The van der Waals surface area contributed by atoms with E-state index in [9.17, 15) is 4.79 Å². The predicted molar refractivity (Wildman–Crippen MR) is 86.5 cm³/mol. The van der Waals surface area contributed by atoms with Gasteiger partial charge < -0.3 is 4.74 Å². The van der Waals surface area contributed by atoms with Crippen LogP contribution in [0.1, 0.15) is 37.0 Å². The first-order chi connectivity index (χ1) is 10.3. The first kappa shape index (κ1) is 15.5. The molecule has 0 radical (unpaired) electrons. The molecule has 2 heteroatoms. The van der Waals surface area contributed by atoms with Gasteiger partial charge in [0.2, 0.25) is 0 Å². The molecule has 2 aromatic carbocycles. The van der Waals surface area contributed by atoms with Crippen LogP contribution in [0.4, 0.5) is 0 Å². The highest BCUT2D eigenvalue weighted by atomic mass is 16.5. The molecule has 0 spiro atoms. The third-order valence-corrected chi connectivity index (χ3v) is 3.49. The van der Waals surface area contributed by atoms with E-state index < -0.39 is 0 Å². The number of carbonyl (C=O) groups excluding carboxylic acids is 1. The molecule has 0 heterocycles. The maximum Gasteiger partial charge on any atom is 0.191 e. The van der Waals surface area contributed by atoms with Crippen LogP contribution in [0.15, 0.2) is 54.6 Å². The average molecular weight is 282 g/mol. The smallest absolute Gasteiger partial charge is 0.191 e. The Morgan fingerprint density at radius 2 is 1.57 bits per heavy atom. The summed E-state index contributed by atoms with van der Waals surface area (Å²) in [5.41, 5.74) is 3.00. The number of Topliss-reactive ketones (excluding diaryl/α,β-unsaturated/α-hetero) is 1. The minimum absolute atomic E-state index is 0.0818. The lowest BCUT2D eigenvalue weighted by molar-refractivity contribution is 0.0423. The molecule has 0 aliphatic carbocycles. The van der Waals surface area contributed by atoms with E-state index in [-0.39, 0.29) is 11.9 Å². The van der Waals surface area contributed by atoms with Gasteiger partial charge in [0.05, 0.1) is 0 Å². The lowest BCUT2D eigenvalue weighted by Gasteiger charge is -2.15. The SMILES string of the molecule is CCCC(OCC)C(=O)c1ccc(-c2ccccc2)cc1. The summed E-state index contributed by atoms with van der Waals surface area (Å²) < 4.78 is 5.56. The number of ketones is 1. The molecule has 0 N–H and O–H groups in total. The molecule has 2 nitrogen and oxygen atoms in total. The first-order valence-electron chi connectivity index (χ1n) is 7.57. The summed E-state index contributed by atoms with van der Waals surface area (Å²) in [6, 6.07) is 17.9. The normalized spacial score (nSPS) is 12.1. The second kappa shape index (κ2) is 7.75. The highest BCUT2D eigenvalue weighted by Gasteiger charge is 2.19. The Bertz CT molecular complexity index is 552. The zero-order chi connectivity index (χ0) is 15.1. The number of carbonyl (C=O) groups is 1. The molecule has 0 fully saturated rings. The molecule has 2 aromatic rings. The molecule has 0 bridgehead atoms. The summed E-state index contributed by atoms with van der Waals surface area (Å²) in [5, 5.41) is 0. The highest BCUT2D eigenvalue weighted by molar-refractivity contribution is 5.99. The molecule has 0 aromatic heterocycles. The van der Waals surface area contributed by atoms with Gasteiger partial charge in [-0.05, 0) is 24.5 Å². The third-order valence-electron chi connectivity index (χ3n) is 3.49. The second-order valence-corrected chi connectivity index (χ2v) is 5.04. The van der Waals surface area contributed by atoms with Crippen LogP contribution < -0.4 is 0 Å². The van der Waals surface area contributed by atoms with Gasteiger partial charge in [-0.3, -0.25) is 4.79 Å². The number of hydrogen-bond donors (Lipinski definition) is 0. The van der Waals surface area contributed by atoms with Crippen LogP contribution in [0, 0.1) is 0 Å². The van der Waals surface area contributed by atoms with Crippen molar-refractivity contribution in [2.75, 3.05) is 6.61 Å². The fourth-order valence-electron chi connectivity index (χ4n) is 2.40. The topological polar surface area (TPSA) is 26.3 Å². The van der Waals surface area contributed by atoms with Crippen molar-refractivity contribution in [2.24, 2.45) is 0 Å². The van der Waals surface area contributed by atoms with E-state index in [1.807, 2.05) is 49.4 Å². The van der Waals surface area contributed by atoms with Crippen molar-refractivity contribution in [3.63, 3.8) is 0 Å². The van der Waals surface area contributed by atoms with Crippen LogP contribution in [0.3, 0.4) is 0 Å². The minimum Gasteiger partial charge on any atom is -0.370 e. The van der Waals surface area contributed by atoms with Crippen molar-refractivity contribution >= 4 is 5.78 Å². The van der Waals surface area contributed by atoms with E-state index in [2.05, 4.69) is 19.1 Å². The van der Waals surface area contributed by atoms with E-state index in [0.29, 0.717) is 6.61 Å². The quantitative estimate of drug-likeness (QED) is 0.685. The molecular formula is C19H22O2. The molecule has 1 atom stereocenters. The Labute approximate surface area is 126 Å². The van der Waals surface area contributed by atoms with Crippen LogP contribution >= 0.6 is 0 Å².